The van der Waals surface area contributed by atoms with Crippen LogP contribution in [-0.4, -0.2) is 31.6 Å². The summed E-state index contributed by atoms with van der Waals surface area (Å²) in [7, 11) is 2.21. The van der Waals surface area contributed by atoms with E-state index in [4.69, 9.17) is 0 Å². The van der Waals surface area contributed by atoms with E-state index >= 15 is 0 Å². The van der Waals surface area contributed by atoms with Crippen LogP contribution in [0.5, 0.6) is 0 Å². The van der Waals surface area contributed by atoms with Crippen LogP contribution in [0.1, 0.15) is 12.8 Å². The summed E-state index contributed by atoms with van der Waals surface area (Å²) in [5.41, 5.74) is 1.21. The normalized spacial score (nSPS) is 18.6. The Bertz CT molecular complexity index is 332. The minimum atomic E-state index is 0.823. The summed E-state index contributed by atoms with van der Waals surface area (Å²) in [6.45, 7) is 3.57. The molecule has 88 valence electrons. The minimum Gasteiger partial charge on any atom is -0.384 e. The van der Waals surface area contributed by atoms with E-state index in [1.54, 1.807) is 0 Å². The van der Waals surface area contributed by atoms with E-state index in [9.17, 15) is 0 Å². The fourth-order valence-electron chi connectivity index (χ4n) is 2.13. The maximum atomic E-state index is 3.56. The van der Waals surface area contributed by atoms with Gasteiger partial charge in [-0.25, -0.2) is 0 Å². The SMILES string of the molecule is CN1CCC(CNc2ccccc2Br)CC1. The molecule has 2 rings (SSSR count). The number of hydrogen-bond acceptors (Lipinski definition) is 2. The smallest absolute Gasteiger partial charge is 0.0484 e. The molecule has 0 bridgehead atoms. The molecule has 0 unspecified atom stereocenters. The highest BCUT2D eigenvalue weighted by molar-refractivity contribution is 9.10. The number of likely N-dealkylation sites (tertiary alicyclic amines) is 1. The minimum absolute atomic E-state index is 0.823. The Balaban J connectivity index is 1.81. The van der Waals surface area contributed by atoms with E-state index in [0.29, 0.717) is 0 Å². The average Bonchev–Trinajstić information content (AvgIpc) is 2.30. The van der Waals surface area contributed by atoms with Crippen molar-refractivity contribution in [3.05, 3.63) is 28.7 Å². The van der Waals surface area contributed by atoms with Crippen LogP contribution in [0.3, 0.4) is 0 Å². The highest BCUT2D eigenvalue weighted by atomic mass is 79.9. The van der Waals surface area contributed by atoms with Crippen LogP contribution < -0.4 is 5.32 Å². The first-order chi connectivity index (χ1) is 7.75. The van der Waals surface area contributed by atoms with Crippen molar-refractivity contribution in [2.45, 2.75) is 12.8 Å². The molecule has 1 aliphatic rings. The monoisotopic (exact) mass is 282 g/mol. The second-order valence-corrected chi connectivity index (χ2v) is 5.46. The topological polar surface area (TPSA) is 15.3 Å². The zero-order chi connectivity index (χ0) is 11.4. The van der Waals surface area contributed by atoms with Crippen LogP contribution in [-0.2, 0) is 0 Å². The Kier molecular flexibility index (Phi) is 4.24. The van der Waals surface area contributed by atoms with Crippen molar-refractivity contribution < 1.29 is 0 Å². The Labute approximate surface area is 106 Å². The fraction of sp³-hybridized carbons (Fsp3) is 0.538. The molecule has 2 nitrogen and oxygen atoms in total. The number of rotatable bonds is 3. The van der Waals surface area contributed by atoms with Crippen LogP contribution in [0, 0.1) is 5.92 Å². The van der Waals surface area contributed by atoms with E-state index in [0.717, 1.165) is 16.9 Å². The van der Waals surface area contributed by atoms with E-state index < -0.39 is 0 Å². The van der Waals surface area contributed by atoms with Gasteiger partial charge in [0.2, 0.25) is 0 Å². The molecule has 0 amide bonds. The van der Waals surface area contributed by atoms with Crippen molar-refractivity contribution >= 4 is 21.6 Å². The molecule has 1 aliphatic heterocycles. The van der Waals surface area contributed by atoms with E-state index in [2.05, 4.69) is 51.4 Å². The predicted octanol–water partition coefficient (Wildman–Crippen LogP) is 3.20. The lowest BCUT2D eigenvalue weighted by molar-refractivity contribution is 0.226. The molecule has 1 fully saturated rings. The molecular weight excluding hydrogens is 264 g/mol. The third kappa shape index (κ3) is 3.22. The van der Waals surface area contributed by atoms with Crippen molar-refractivity contribution in [1.82, 2.24) is 4.90 Å². The molecule has 1 saturated heterocycles. The van der Waals surface area contributed by atoms with E-state index in [1.165, 1.54) is 31.6 Å². The summed E-state index contributed by atoms with van der Waals surface area (Å²) in [4.78, 5) is 2.41. The lowest BCUT2D eigenvalue weighted by Crippen LogP contribution is -2.32. The molecule has 1 aromatic carbocycles. The van der Waals surface area contributed by atoms with Crippen molar-refractivity contribution in [2.24, 2.45) is 5.92 Å². The molecular formula is C13H19BrN2. The van der Waals surface area contributed by atoms with Crippen LogP contribution in [0.15, 0.2) is 28.7 Å². The molecule has 1 heterocycles. The van der Waals surface area contributed by atoms with Gasteiger partial charge in [-0.3, -0.25) is 0 Å². The molecule has 1 aromatic rings. The lowest BCUT2D eigenvalue weighted by Gasteiger charge is -2.29. The highest BCUT2D eigenvalue weighted by Crippen LogP contribution is 2.23. The van der Waals surface area contributed by atoms with Gasteiger partial charge in [0.05, 0.1) is 0 Å². The lowest BCUT2D eigenvalue weighted by atomic mass is 9.97. The second-order valence-electron chi connectivity index (χ2n) is 4.61. The van der Waals surface area contributed by atoms with Gasteiger partial charge >= 0.3 is 0 Å². The zero-order valence-corrected chi connectivity index (χ0v) is 11.3. The van der Waals surface area contributed by atoms with Crippen molar-refractivity contribution in [2.75, 3.05) is 32.0 Å². The van der Waals surface area contributed by atoms with Crippen molar-refractivity contribution in [3.63, 3.8) is 0 Å². The van der Waals surface area contributed by atoms with Gasteiger partial charge in [-0.2, -0.15) is 0 Å². The van der Waals surface area contributed by atoms with Gasteiger partial charge in [0, 0.05) is 16.7 Å². The zero-order valence-electron chi connectivity index (χ0n) is 9.75. The third-order valence-corrected chi connectivity index (χ3v) is 3.98. The average molecular weight is 283 g/mol. The molecule has 3 heteroatoms. The van der Waals surface area contributed by atoms with Gasteiger partial charge in [-0.05, 0) is 67.0 Å². The van der Waals surface area contributed by atoms with Crippen LogP contribution in [0.2, 0.25) is 0 Å². The Hall–Kier alpha value is -0.540. The summed E-state index contributed by atoms with van der Waals surface area (Å²) in [6.07, 6.45) is 2.63. The summed E-state index contributed by atoms with van der Waals surface area (Å²) >= 11 is 3.56. The fourth-order valence-corrected chi connectivity index (χ4v) is 2.55. The van der Waals surface area contributed by atoms with Crippen LogP contribution >= 0.6 is 15.9 Å². The number of hydrogen-bond donors (Lipinski definition) is 1. The van der Waals surface area contributed by atoms with Gasteiger partial charge in [0.15, 0.2) is 0 Å². The summed E-state index contributed by atoms with van der Waals surface area (Å²) in [5.74, 6) is 0.823. The van der Waals surface area contributed by atoms with Crippen LogP contribution in [0.25, 0.3) is 0 Å². The first-order valence-electron chi connectivity index (χ1n) is 5.92. The Morgan fingerprint density at radius 1 is 1.31 bits per heavy atom. The van der Waals surface area contributed by atoms with Crippen molar-refractivity contribution in [1.29, 1.82) is 0 Å². The first-order valence-corrected chi connectivity index (χ1v) is 6.72. The Morgan fingerprint density at radius 3 is 2.69 bits per heavy atom. The van der Waals surface area contributed by atoms with Crippen molar-refractivity contribution in [3.8, 4) is 0 Å². The molecule has 0 spiro atoms. The maximum absolute atomic E-state index is 3.56. The number of nitrogens with one attached hydrogen (secondary N) is 1. The van der Waals surface area contributed by atoms with Gasteiger partial charge in [0.25, 0.3) is 0 Å². The van der Waals surface area contributed by atoms with Gasteiger partial charge in [-0.1, -0.05) is 12.1 Å². The quantitative estimate of drug-likeness (QED) is 0.916. The number of para-hydroxylation sites is 1. The van der Waals surface area contributed by atoms with E-state index in [-0.39, 0.29) is 0 Å². The summed E-state index contributed by atoms with van der Waals surface area (Å²) in [6, 6.07) is 8.32. The second kappa shape index (κ2) is 5.69. The van der Waals surface area contributed by atoms with E-state index in [1.807, 2.05) is 6.07 Å². The number of piperidine rings is 1. The number of nitrogens with zero attached hydrogens (tertiary/aromatic N) is 1. The molecule has 0 aromatic heterocycles. The number of anilines is 1. The maximum Gasteiger partial charge on any atom is 0.0484 e. The molecule has 0 atom stereocenters. The molecule has 0 radical (unpaired) electrons. The summed E-state index contributed by atoms with van der Waals surface area (Å²) in [5, 5.41) is 3.53. The van der Waals surface area contributed by atoms with Gasteiger partial charge in [-0.15, -0.1) is 0 Å². The number of benzene rings is 1. The Morgan fingerprint density at radius 2 is 2.00 bits per heavy atom. The molecule has 0 aliphatic carbocycles. The summed E-state index contributed by atoms with van der Waals surface area (Å²) < 4.78 is 1.16. The molecule has 16 heavy (non-hydrogen) atoms. The largest absolute Gasteiger partial charge is 0.384 e. The third-order valence-electron chi connectivity index (χ3n) is 3.29. The van der Waals surface area contributed by atoms with Gasteiger partial charge < -0.3 is 10.2 Å². The van der Waals surface area contributed by atoms with Gasteiger partial charge in [0.1, 0.15) is 0 Å². The predicted molar refractivity (Wildman–Crippen MR) is 72.9 cm³/mol. The molecule has 1 N–H and O–H groups in total. The standard InChI is InChI=1S/C13H19BrN2/c1-16-8-6-11(7-9-16)10-15-13-5-3-2-4-12(13)14/h2-5,11,15H,6-10H2,1H3. The first kappa shape index (κ1) is 11.9. The molecule has 0 saturated carbocycles. The number of halogens is 1. The van der Waals surface area contributed by atoms with Crippen LogP contribution in [0.4, 0.5) is 5.69 Å². The highest BCUT2D eigenvalue weighted by Gasteiger charge is 2.16.